The van der Waals surface area contributed by atoms with Crippen molar-refractivity contribution in [2.24, 2.45) is 0 Å². The normalized spacial score (nSPS) is 23.5. The molecule has 36 heavy (non-hydrogen) atoms. The number of hydrogen-bond donors (Lipinski definition) is 2. The Kier molecular flexibility index (Phi) is 5.73. The van der Waals surface area contributed by atoms with Crippen molar-refractivity contribution >= 4 is 17.7 Å². The SMILES string of the molecule is N#Cc1cccc(NC(=O)O[C@H]2CO[C@@H]3[C@@H]2OC[C@@H]3Nc2nccc(-c3ccc4c(c3)OCO4)n2)c1. The quantitative estimate of drug-likeness (QED) is 0.553. The van der Waals surface area contributed by atoms with Gasteiger partial charge in [0.1, 0.15) is 12.2 Å². The van der Waals surface area contributed by atoms with E-state index >= 15 is 0 Å². The molecule has 0 saturated carbocycles. The van der Waals surface area contributed by atoms with Crippen molar-refractivity contribution in [3.05, 3.63) is 60.3 Å². The molecule has 1 aromatic heterocycles. The topological polar surface area (TPSA) is 137 Å². The first kappa shape index (κ1) is 22.1. The van der Waals surface area contributed by atoms with E-state index in [4.69, 9.17) is 28.9 Å². The number of aromatic nitrogens is 2. The Morgan fingerprint density at radius 3 is 2.86 bits per heavy atom. The second-order valence-electron chi connectivity index (χ2n) is 8.44. The summed E-state index contributed by atoms with van der Waals surface area (Å²) in [5.41, 5.74) is 2.52. The van der Waals surface area contributed by atoms with Crippen molar-refractivity contribution in [3.8, 4) is 28.8 Å². The van der Waals surface area contributed by atoms with Gasteiger partial charge < -0.3 is 29.0 Å². The van der Waals surface area contributed by atoms with Gasteiger partial charge in [0, 0.05) is 17.4 Å². The molecule has 2 N–H and O–H groups in total. The van der Waals surface area contributed by atoms with Crippen LogP contribution in [0.2, 0.25) is 0 Å². The number of fused-ring (bicyclic) bond motifs is 2. The lowest BCUT2D eigenvalue weighted by atomic mass is 10.1. The first-order chi connectivity index (χ1) is 17.7. The standard InChI is InChI=1S/C25H21N5O6/c26-10-14-2-1-3-16(8-14)28-25(31)36-21-12-33-22-18(11-32-23(21)22)30-24-27-7-6-17(29-24)15-4-5-19-20(9-15)35-13-34-19/h1-9,18,21-23H,11-13H2,(H,28,31)(H,27,29,30)/t18-,21-,22-,23+/m0/s1. The number of ether oxygens (including phenoxy) is 5. The van der Waals surface area contributed by atoms with Gasteiger partial charge in [-0.25, -0.2) is 14.8 Å². The van der Waals surface area contributed by atoms with Crippen LogP contribution in [0.4, 0.5) is 16.4 Å². The van der Waals surface area contributed by atoms with Crippen molar-refractivity contribution in [2.45, 2.75) is 24.4 Å². The van der Waals surface area contributed by atoms with Gasteiger partial charge >= 0.3 is 6.09 Å². The zero-order valence-corrected chi connectivity index (χ0v) is 18.9. The van der Waals surface area contributed by atoms with Crippen LogP contribution in [0.15, 0.2) is 54.7 Å². The molecule has 0 unspecified atom stereocenters. The second-order valence-corrected chi connectivity index (χ2v) is 8.44. The van der Waals surface area contributed by atoms with Crippen LogP contribution < -0.4 is 20.1 Å². The van der Waals surface area contributed by atoms with Crippen LogP contribution in [-0.2, 0) is 14.2 Å². The van der Waals surface area contributed by atoms with Gasteiger partial charge in [-0.3, -0.25) is 5.32 Å². The van der Waals surface area contributed by atoms with Crippen molar-refractivity contribution < 1.29 is 28.5 Å². The van der Waals surface area contributed by atoms with E-state index in [2.05, 4.69) is 20.6 Å². The fourth-order valence-electron chi connectivity index (χ4n) is 4.45. The molecule has 11 nitrogen and oxygen atoms in total. The summed E-state index contributed by atoms with van der Waals surface area (Å²) in [6, 6.07) is 15.9. The average Bonchev–Trinajstić information content (AvgIpc) is 3.62. The summed E-state index contributed by atoms with van der Waals surface area (Å²) in [5, 5.41) is 14.9. The van der Waals surface area contributed by atoms with E-state index < -0.39 is 18.3 Å². The first-order valence-corrected chi connectivity index (χ1v) is 11.4. The number of carbonyl (C=O) groups excluding carboxylic acids is 1. The predicted molar refractivity (Wildman–Crippen MR) is 126 cm³/mol. The molecule has 3 aromatic rings. The average molecular weight is 487 g/mol. The van der Waals surface area contributed by atoms with Crippen molar-refractivity contribution in [1.82, 2.24) is 9.97 Å². The van der Waals surface area contributed by atoms with Crippen LogP contribution in [-0.4, -0.2) is 60.4 Å². The number of nitrogens with one attached hydrogen (secondary N) is 2. The van der Waals surface area contributed by atoms with Gasteiger partial charge in [0.2, 0.25) is 12.7 Å². The fraction of sp³-hybridized carbons (Fsp3) is 0.280. The highest BCUT2D eigenvalue weighted by atomic mass is 16.7. The zero-order valence-electron chi connectivity index (χ0n) is 18.9. The molecule has 11 heteroatoms. The molecule has 2 aromatic carbocycles. The summed E-state index contributed by atoms with van der Waals surface area (Å²) in [7, 11) is 0. The summed E-state index contributed by atoms with van der Waals surface area (Å²) in [6.45, 7) is 0.760. The molecular formula is C25H21N5O6. The third kappa shape index (κ3) is 4.35. The number of nitriles is 1. The highest BCUT2D eigenvalue weighted by Gasteiger charge is 2.49. The van der Waals surface area contributed by atoms with Crippen LogP contribution in [0.25, 0.3) is 11.3 Å². The number of carbonyl (C=O) groups is 1. The molecule has 182 valence electrons. The minimum Gasteiger partial charge on any atom is -0.454 e. The molecule has 3 aliphatic rings. The molecular weight excluding hydrogens is 466 g/mol. The molecule has 2 saturated heterocycles. The van der Waals surface area contributed by atoms with Crippen molar-refractivity contribution in [1.29, 1.82) is 5.26 Å². The van der Waals surface area contributed by atoms with Crippen molar-refractivity contribution in [2.75, 3.05) is 30.6 Å². The van der Waals surface area contributed by atoms with Gasteiger partial charge in [0.25, 0.3) is 0 Å². The molecule has 1 amide bonds. The monoisotopic (exact) mass is 487 g/mol. The summed E-state index contributed by atoms with van der Waals surface area (Å²) in [4.78, 5) is 21.4. The van der Waals surface area contributed by atoms with E-state index in [0.717, 1.165) is 11.3 Å². The molecule has 6 rings (SSSR count). The number of hydrogen-bond acceptors (Lipinski definition) is 10. The lowest BCUT2D eigenvalue weighted by molar-refractivity contribution is 0.00917. The lowest BCUT2D eigenvalue weighted by Crippen LogP contribution is -2.38. The molecule has 0 aliphatic carbocycles. The number of amides is 1. The van der Waals surface area contributed by atoms with Gasteiger partial charge in [-0.2, -0.15) is 5.26 Å². The van der Waals surface area contributed by atoms with E-state index in [1.54, 1.807) is 30.5 Å². The number of benzene rings is 2. The van der Waals surface area contributed by atoms with E-state index in [0.29, 0.717) is 35.3 Å². The minimum atomic E-state index is -0.640. The van der Waals surface area contributed by atoms with Gasteiger partial charge in [-0.05, 0) is 42.5 Å². The largest absolute Gasteiger partial charge is 0.454 e. The third-order valence-electron chi connectivity index (χ3n) is 6.14. The Hall–Kier alpha value is -4.40. The molecule has 0 spiro atoms. The second kappa shape index (κ2) is 9.33. The van der Waals surface area contributed by atoms with Crippen LogP contribution >= 0.6 is 0 Å². The molecule has 0 radical (unpaired) electrons. The Labute approximate surface area is 205 Å². The van der Waals surface area contributed by atoms with E-state index in [9.17, 15) is 4.79 Å². The first-order valence-electron chi connectivity index (χ1n) is 11.4. The summed E-state index contributed by atoms with van der Waals surface area (Å²) >= 11 is 0. The Bertz CT molecular complexity index is 1340. The summed E-state index contributed by atoms with van der Waals surface area (Å²) in [5.74, 6) is 1.82. The smallest absolute Gasteiger partial charge is 0.412 e. The summed E-state index contributed by atoms with van der Waals surface area (Å²) in [6.07, 6.45) is -0.283. The maximum atomic E-state index is 12.4. The Morgan fingerprint density at radius 1 is 1.06 bits per heavy atom. The zero-order chi connectivity index (χ0) is 24.5. The fourth-order valence-corrected chi connectivity index (χ4v) is 4.45. The van der Waals surface area contributed by atoms with Crippen molar-refractivity contribution in [3.63, 3.8) is 0 Å². The Morgan fingerprint density at radius 2 is 1.94 bits per heavy atom. The van der Waals surface area contributed by atoms with Crippen LogP contribution in [0.1, 0.15) is 5.56 Å². The van der Waals surface area contributed by atoms with E-state index in [1.165, 1.54) is 0 Å². The van der Waals surface area contributed by atoms with Gasteiger partial charge in [-0.15, -0.1) is 0 Å². The van der Waals surface area contributed by atoms with Crippen LogP contribution in [0, 0.1) is 11.3 Å². The molecule has 0 bridgehead atoms. The van der Waals surface area contributed by atoms with E-state index in [-0.39, 0.29) is 25.5 Å². The number of nitrogens with zero attached hydrogens (tertiary/aromatic N) is 3. The number of anilines is 2. The predicted octanol–water partition coefficient (Wildman–Crippen LogP) is 2.94. The maximum absolute atomic E-state index is 12.4. The molecule has 4 atom stereocenters. The number of rotatable bonds is 5. The summed E-state index contributed by atoms with van der Waals surface area (Å²) < 4.78 is 28.2. The van der Waals surface area contributed by atoms with Gasteiger partial charge in [0.05, 0.1) is 36.6 Å². The van der Waals surface area contributed by atoms with Gasteiger partial charge in [0.15, 0.2) is 17.6 Å². The van der Waals surface area contributed by atoms with Gasteiger partial charge in [-0.1, -0.05) is 6.07 Å². The van der Waals surface area contributed by atoms with E-state index in [1.807, 2.05) is 30.3 Å². The van der Waals surface area contributed by atoms with Crippen LogP contribution in [0.3, 0.4) is 0 Å². The maximum Gasteiger partial charge on any atom is 0.412 e. The highest BCUT2D eigenvalue weighted by Crippen LogP contribution is 2.36. The van der Waals surface area contributed by atoms with Crippen LogP contribution in [0.5, 0.6) is 11.5 Å². The molecule has 2 fully saturated rings. The highest BCUT2D eigenvalue weighted by molar-refractivity contribution is 5.85. The minimum absolute atomic E-state index is 0.206. The molecule has 4 heterocycles. The third-order valence-corrected chi connectivity index (χ3v) is 6.14. The lowest BCUT2D eigenvalue weighted by Gasteiger charge is -2.18. The Balaban J connectivity index is 1.08. The molecule has 3 aliphatic heterocycles.